The first-order valence-corrected chi connectivity index (χ1v) is 31.7. The van der Waals surface area contributed by atoms with Gasteiger partial charge in [0.15, 0.2) is 18.9 Å². The molecule has 3 fully saturated rings. The molecule has 3 aliphatic rings. The van der Waals surface area contributed by atoms with Gasteiger partial charge in [-0.05, 0) is 51.4 Å². The Morgan fingerprint density at radius 2 is 0.815 bits per heavy atom. The molecule has 0 spiro atoms. The molecule has 0 bridgehead atoms. The van der Waals surface area contributed by atoms with E-state index in [2.05, 4.69) is 43.5 Å². The van der Waals surface area contributed by atoms with Crippen molar-refractivity contribution in [2.75, 3.05) is 26.4 Å². The molecule has 474 valence electrons. The van der Waals surface area contributed by atoms with Crippen LogP contribution in [0.4, 0.5) is 0 Å². The number of nitrogens with one attached hydrogen (secondary N) is 1. The van der Waals surface area contributed by atoms with Crippen LogP contribution in [0.25, 0.3) is 0 Å². The molecule has 0 aromatic carbocycles. The Hall–Kier alpha value is -1.99. The van der Waals surface area contributed by atoms with Crippen LogP contribution in [-0.4, -0.2) is 193 Å². The summed E-state index contributed by atoms with van der Waals surface area (Å²) in [6.07, 6.45) is 22.5. The molecule has 17 unspecified atom stereocenters. The number of rotatable bonds is 47. The molecule has 17 atom stereocenters. The molecule has 0 saturated carbocycles. The van der Waals surface area contributed by atoms with E-state index in [1.165, 1.54) is 109 Å². The molecule has 12 N–H and O–H groups in total. The van der Waals surface area contributed by atoms with Gasteiger partial charge in [0.05, 0.1) is 38.6 Å². The lowest BCUT2D eigenvalue weighted by Crippen LogP contribution is -2.66. The summed E-state index contributed by atoms with van der Waals surface area (Å²) < 4.78 is 34.3. The summed E-state index contributed by atoms with van der Waals surface area (Å²) in [5.41, 5.74) is 0. The van der Waals surface area contributed by atoms with Crippen molar-refractivity contribution in [1.82, 2.24) is 5.32 Å². The average Bonchev–Trinajstić information content (AvgIpc) is 3.47. The van der Waals surface area contributed by atoms with Crippen LogP contribution in [0.3, 0.4) is 0 Å². The number of aliphatic hydroxyl groups excluding tert-OH is 11. The van der Waals surface area contributed by atoms with Crippen LogP contribution in [0.2, 0.25) is 0 Å². The van der Waals surface area contributed by atoms with Crippen molar-refractivity contribution in [3.63, 3.8) is 0 Å². The first-order chi connectivity index (χ1) is 39.3. The monoisotopic (exact) mass is 1160 g/mol. The van der Waals surface area contributed by atoms with Crippen LogP contribution in [-0.2, 0) is 33.2 Å². The van der Waals surface area contributed by atoms with Gasteiger partial charge in [0, 0.05) is 6.42 Å². The molecule has 3 aliphatic heterocycles. The fourth-order valence-electron chi connectivity index (χ4n) is 10.7. The Labute approximate surface area is 485 Å². The van der Waals surface area contributed by atoms with E-state index in [-0.39, 0.29) is 18.9 Å². The molecule has 0 aliphatic carbocycles. The van der Waals surface area contributed by atoms with Crippen molar-refractivity contribution in [2.24, 2.45) is 0 Å². The SMILES string of the molecule is CCCCC/C=C\C/C=C\CCCCCCCCCC(=O)NC(COC1OC(CO)C(OC2OC(CO)C(OC3OC(CO)C(O)C(O)C3O)C(O)C2O)C(O)C1O)C(O)/C=C/CCCCCCCCCCCCCCCCCCC. The number of hydrogen-bond donors (Lipinski definition) is 12. The van der Waals surface area contributed by atoms with Crippen molar-refractivity contribution in [2.45, 2.75) is 324 Å². The van der Waals surface area contributed by atoms with Crippen LogP contribution in [0.15, 0.2) is 36.5 Å². The lowest BCUT2D eigenvalue weighted by atomic mass is 9.96. The predicted octanol–water partition coefficient (Wildman–Crippen LogP) is 6.49. The van der Waals surface area contributed by atoms with Gasteiger partial charge in [-0.15, -0.1) is 0 Å². The number of unbranched alkanes of at least 4 members (excludes halogenated alkanes) is 27. The Kier molecular flexibility index (Phi) is 41.0. The second kappa shape index (κ2) is 45.3. The molecule has 3 rings (SSSR count). The minimum Gasteiger partial charge on any atom is -0.394 e. The summed E-state index contributed by atoms with van der Waals surface area (Å²) in [6, 6.07) is -0.976. The van der Waals surface area contributed by atoms with E-state index in [1.807, 2.05) is 6.08 Å². The summed E-state index contributed by atoms with van der Waals surface area (Å²) in [6.45, 7) is 1.70. The maximum atomic E-state index is 13.3. The molecule has 0 aromatic heterocycles. The van der Waals surface area contributed by atoms with Gasteiger partial charge < -0.3 is 89.9 Å². The molecule has 3 heterocycles. The third-order valence-electron chi connectivity index (χ3n) is 15.9. The normalized spacial score (nSPS) is 30.0. The maximum absolute atomic E-state index is 13.3. The quantitative estimate of drug-likeness (QED) is 0.0229. The Balaban J connectivity index is 1.49. The van der Waals surface area contributed by atoms with Gasteiger partial charge >= 0.3 is 0 Å². The number of aliphatic hydroxyl groups is 11. The van der Waals surface area contributed by atoms with E-state index in [1.54, 1.807) is 6.08 Å². The average molecular weight is 1160 g/mol. The smallest absolute Gasteiger partial charge is 0.220 e. The number of hydrogen-bond acceptors (Lipinski definition) is 18. The topological polar surface area (TPSA) is 307 Å². The lowest BCUT2D eigenvalue weighted by molar-refractivity contribution is -0.379. The van der Waals surface area contributed by atoms with Gasteiger partial charge in [-0.2, -0.15) is 0 Å². The van der Waals surface area contributed by atoms with Crippen LogP contribution >= 0.6 is 0 Å². The van der Waals surface area contributed by atoms with Gasteiger partial charge in [-0.25, -0.2) is 0 Å². The van der Waals surface area contributed by atoms with Gasteiger partial charge in [0.25, 0.3) is 0 Å². The highest BCUT2D eigenvalue weighted by Crippen LogP contribution is 2.33. The van der Waals surface area contributed by atoms with Crippen molar-refractivity contribution in [1.29, 1.82) is 0 Å². The largest absolute Gasteiger partial charge is 0.394 e. The van der Waals surface area contributed by atoms with Crippen LogP contribution in [0.1, 0.15) is 219 Å². The second-order valence-electron chi connectivity index (χ2n) is 22.9. The number of allylic oxidation sites excluding steroid dienone is 5. The van der Waals surface area contributed by atoms with Crippen molar-refractivity contribution in [3.05, 3.63) is 36.5 Å². The summed E-state index contributed by atoms with van der Waals surface area (Å²) in [5, 5.41) is 120. The summed E-state index contributed by atoms with van der Waals surface area (Å²) in [5.74, 6) is -0.283. The highest BCUT2D eigenvalue weighted by Gasteiger charge is 2.53. The van der Waals surface area contributed by atoms with Gasteiger partial charge in [0.1, 0.15) is 73.2 Å². The van der Waals surface area contributed by atoms with Crippen molar-refractivity contribution < 1.29 is 89.4 Å². The third-order valence-corrected chi connectivity index (χ3v) is 15.9. The van der Waals surface area contributed by atoms with E-state index in [0.717, 1.165) is 83.5 Å². The molecule has 3 saturated heterocycles. The zero-order valence-electron chi connectivity index (χ0n) is 49.5. The van der Waals surface area contributed by atoms with E-state index in [9.17, 15) is 61.0 Å². The summed E-state index contributed by atoms with van der Waals surface area (Å²) >= 11 is 0. The Bertz CT molecular complexity index is 1620. The minimum absolute atomic E-state index is 0.235. The first-order valence-electron chi connectivity index (χ1n) is 31.7. The van der Waals surface area contributed by atoms with Crippen LogP contribution in [0, 0.1) is 0 Å². The lowest BCUT2D eigenvalue weighted by Gasteiger charge is -2.48. The fourth-order valence-corrected chi connectivity index (χ4v) is 10.7. The minimum atomic E-state index is -1.98. The molecule has 81 heavy (non-hydrogen) atoms. The molecule has 0 radical (unpaired) electrons. The van der Waals surface area contributed by atoms with Gasteiger partial charge in [0.2, 0.25) is 5.91 Å². The van der Waals surface area contributed by atoms with E-state index in [0.29, 0.717) is 6.42 Å². The molecular formula is C62H113NO18. The summed E-state index contributed by atoms with van der Waals surface area (Å²) in [4.78, 5) is 13.3. The van der Waals surface area contributed by atoms with Crippen LogP contribution in [0.5, 0.6) is 0 Å². The van der Waals surface area contributed by atoms with E-state index < -0.39 is 124 Å². The molecular weight excluding hydrogens is 1050 g/mol. The highest BCUT2D eigenvalue weighted by atomic mass is 16.8. The molecule has 0 aromatic rings. The van der Waals surface area contributed by atoms with Crippen molar-refractivity contribution in [3.8, 4) is 0 Å². The zero-order chi connectivity index (χ0) is 59.0. The maximum Gasteiger partial charge on any atom is 0.220 e. The standard InChI is InChI=1S/C62H113NO18/c1-3-5-7-9-11-13-15-17-19-21-22-24-25-27-29-31-33-35-37-39-46(67)45(63-50(68)40-38-36-34-32-30-28-26-23-20-18-16-14-12-10-8-6-4-2)44-76-60-56(74)53(71)58(48(42-65)78-60)81-62-57(75)54(72)59(49(43-66)79-62)80-61-55(73)52(70)51(69)47(41-64)77-61/h12,14,18,20,37,39,45-49,51-62,64-67,69-75H,3-11,13,15-17,19,21-36,38,40-44H2,1-2H3,(H,63,68)/b14-12-,20-18-,39-37+. The molecule has 19 heteroatoms. The zero-order valence-corrected chi connectivity index (χ0v) is 49.5. The Morgan fingerprint density at radius 1 is 0.444 bits per heavy atom. The highest BCUT2D eigenvalue weighted by molar-refractivity contribution is 5.76. The third kappa shape index (κ3) is 28.8. The van der Waals surface area contributed by atoms with E-state index in [4.69, 9.17) is 28.4 Å². The fraction of sp³-hybridized carbons (Fsp3) is 0.887. The van der Waals surface area contributed by atoms with Gasteiger partial charge in [-0.3, -0.25) is 4.79 Å². The molecule has 19 nitrogen and oxygen atoms in total. The molecule has 1 amide bonds. The number of ether oxygens (including phenoxy) is 6. The predicted molar refractivity (Wildman–Crippen MR) is 309 cm³/mol. The number of carbonyl (C=O) groups excluding carboxylic acids is 1. The first kappa shape index (κ1) is 73.3. The second-order valence-corrected chi connectivity index (χ2v) is 22.9. The summed E-state index contributed by atoms with van der Waals surface area (Å²) in [7, 11) is 0. The number of amides is 1. The van der Waals surface area contributed by atoms with E-state index >= 15 is 0 Å². The Morgan fingerprint density at radius 3 is 1.28 bits per heavy atom. The van der Waals surface area contributed by atoms with Gasteiger partial charge in [-0.1, -0.05) is 198 Å². The van der Waals surface area contributed by atoms with Crippen LogP contribution < -0.4 is 5.32 Å². The van der Waals surface area contributed by atoms with Crippen molar-refractivity contribution >= 4 is 5.91 Å². The number of carbonyl (C=O) groups is 1.